The summed E-state index contributed by atoms with van der Waals surface area (Å²) >= 11 is 1.65. The molecular formula is C9H20N2OS. The molecule has 0 radical (unpaired) electrons. The number of rotatable bonds is 7. The van der Waals surface area contributed by atoms with E-state index >= 15 is 0 Å². The van der Waals surface area contributed by atoms with Crippen LogP contribution in [-0.2, 0) is 4.79 Å². The van der Waals surface area contributed by atoms with Crippen LogP contribution in [0.3, 0.4) is 0 Å². The number of carbonyl (C=O) groups excluding carboxylic acids is 1. The van der Waals surface area contributed by atoms with Gasteiger partial charge < -0.3 is 11.1 Å². The molecule has 0 heterocycles. The van der Waals surface area contributed by atoms with Crippen LogP contribution in [0, 0.1) is 0 Å². The molecule has 0 aliphatic carbocycles. The average Bonchev–Trinajstić information content (AvgIpc) is 2.08. The summed E-state index contributed by atoms with van der Waals surface area (Å²) in [5, 5.41) is 2.83. The highest BCUT2D eigenvalue weighted by Gasteiger charge is 2.00. The van der Waals surface area contributed by atoms with Crippen molar-refractivity contribution in [3.8, 4) is 0 Å². The Morgan fingerprint density at radius 3 is 2.85 bits per heavy atom. The van der Waals surface area contributed by atoms with E-state index in [1.807, 2.05) is 13.8 Å². The maximum atomic E-state index is 11.1. The molecule has 13 heavy (non-hydrogen) atoms. The number of amides is 1. The van der Waals surface area contributed by atoms with E-state index in [4.69, 9.17) is 5.73 Å². The number of hydrogen-bond donors (Lipinski definition) is 2. The van der Waals surface area contributed by atoms with E-state index in [-0.39, 0.29) is 11.9 Å². The normalized spacial score (nSPS) is 12.5. The molecule has 4 heteroatoms. The first kappa shape index (κ1) is 12.8. The van der Waals surface area contributed by atoms with E-state index in [1.54, 1.807) is 11.8 Å². The molecule has 3 nitrogen and oxygen atoms in total. The van der Waals surface area contributed by atoms with Gasteiger partial charge in [-0.05, 0) is 25.5 Å². The van der Waals surface area contributed by atoms with Gasteiger partial charge in [-0.2, -0.15) is 11.8 Å². The maximum Gasteiger partial charge on any atom is 0.229 e. The van der Waals surface area contributed by atoms with Crippen LogP contribution in [-0.4, -0.2) is 30.0 Å². The van der Waals surface area contributed by atoms with Crippen LogP contribution in [0.15, 0.2) is 0 Å². The highest BCUT2D eigenvalue weighted by Crippen LogP contribution is 2.02. The molecule has 0 aromatic heterocycles. The fraction of sp³-hybridized carbons (Fsp3) is 0.889. The van der Waals surface area contributed by atoms with E-state index < -0.39 is 0 Å². The maximum absolute atomic E-state index is 11.1. The summed E-state index contributed by atoms with van der Waals surface area (Å²) < 4.78 is 0. The van der Waals surface area contributed by atoms with Gasteiger partial charge in [0, 0.05) is 12.6 Å². The molecule has 1 unspecified atom stereocenters. The monoisotopic (exact) mass is 204 g/mol. The Balaban J connectivity index is 3.17. The minimum atomic E-state index is 0.136. The third kappa shape index (κ3) is 9.70. The largest absolute Gasteiger partial charge is 0.355 e. The van der Waals surface area contributed by atoms with Gasteiger partial charge in [0.15, 0.2) is 0 Å². The van der Waals surface area contributed by atoms with Gasteiger partial charge in [0.25, 0.3) is 0 Å². The lowest BCUT2D eigenvalue weighted by Crippen LogP contribution is -2.26. The molecule has 3 N–H and O–H groups in total. The highest BCUT2D eigenvalue weighted by molar-refractivity contribution is 7.99. The Morgan fingerprint density at radius 2 is 2.31 bits per heavy atom. The van der Waals surface area contributed by atoms with Crippen LogP contribution in [0.2, 0.25) is 0 Å². The van der Waals surface area contributed by atoms with Crippen molar-refractivity contribution >= 4 is 17.7 Å². The van der Waals surface area contributed by atoms with Gasteiger partial charge >= 0.3 is 0 Å². The predicted octanol–water partition coefficient (Wildman–Crippen LogP) is 0.983. The first-order chi connectivity index (χ1) is 6.16. The second-order valence-corrected chi connectivity index (χ2v) is 4.27. The summed E-state index contributed by atoms with van der Waals surface area (Å²) in [5.74, 6) is 1.67. The zero-order chi connectivity index (χ0) is 10.1. The van der Waals surface area contributed by atoms with Crippen LogP contribution in [0.4, 0.5) is 0 Å². The molecule has 0 aliphatic heterocycles. The molecular weight excluding hydrogens is 184 g/mol. The molecule has 78 valence electrons. The van der Waals surface area contributed by atoms with Crippen molar-refractivity contribution in [2.75, 3.05) is 18.1 Å². The van der Waals surface area contributed by atoms with Gasteiger partial charge in [-0.3, -0.25) is 4.79 Å². The molecule has 1 atom stereocenters. The van der Waals surface area contributed by atoms with Crippen LogP contribution in [0.5, 0.6) is 0 Å². The van der Waals surface area contributed by atoms with E-state index in [0.717, 1.165) is 25.1 Å². The number of hydrogen-bond acceptors (Lipinski definition) is 3. The van der Waals surface area contributed by atoms with Gasteiger partial charge in [0.1, 0.15) is 0 Å². The second kappa shape index (κ2) is 8.38. The summed E-state index contributed by atoms with van der Waals surface area (Å²) in [5.41, 5.74) is 5.58. The lowest BCUT2D eigenvalue weighted by Gasteiger charge is -2.05. The van der Waals surface area contributed by atoms with Crippen LogP contribution in [0.1, 0.15) is 26.7 Å². The molecule has 0 rings (SSSR count). The topological polar surface area (TPSA) is 55.1 Å². The van der Waals surface area contributed by atoms with Crippen molar-refractivity contribution in [1.29, 1.82) is 0 Å². The fourth-order valence-electron chi connectivity index (χ4n) is 0.750. The number of thioether (sulfide) groups is 1. The molecule has 0 aromatic rings. The first-order valence-corrected chi connectivity index (χ1v) is 5.92. The van der Waals surface area contributed by atoms with E-state index in [9.17, 15) is 4.79 Å². The lowest BCUT2D eigenvalue weighted by molar-refractivity contribution is -0.118. The Bertz CT molecular complexity index is 140. The summed E-state index contributed by atoms with van der Waals surface area (Å²) in [4.78, 5) is 11.1. The summed E-state index contributed by atoms with van der Waals surface area (Å²) in [6.07, 6.45) is 1.97. The van der Waals surface area contributed by atoms with Gasteiger partial charge in [0.2, 0.25) is 5.91 Å². The molecule has 0 bridgehead atoms. The van der Waals surface area contributed by atoms with Crippen molar-refractivity contribution in [2.45, 2.75) is 32.7 Å². The third-order valence-electron chi connectivity index (χ3n) is 1.52. The van der Waals surface area contributed by atoms with Crippen molar-refractivity contribution < 1.29 is 4.79 Å². The number of nitrogens with one attached hydrogen (secondary N) is 1. The molecule has 0 aromatic carbocycles. The van der Waals surface area contributed by atoms with Gasteiger partial charge in [-0.25, -0.2) is 0 Å². The number of nitrogens with two attached hydrogens (primary N) is 1. The third-order valence-corrected chi connectivity index (χ3v) is 2.51. The van der Waals surface area contributed by atoms with Gasteiger partial charge in [-0.15, -0.1) is 0 Å². The molecule has 0 saturated heterocycles. The lowest BCUT2D eigenvalue weighted by atomic mass is 10.3. The summed E-state index contributed by atoms with van der Waals surface area (Å²) in [7, 11) is 0. The van der Waals surface area contributed by atoms with Crippen LogP contribution >= 0.6 is 11.8 Å². The molecule has 0 saturated carbocycles. The molecule has 1 amide bonds. The van der Waals surface area contributed by atoms with Crippen molar-refractivity contribution in [2.24, 2.45) is 5.73 Å². The Morgan fingerprint density at radius 1 is 1.62 bits per heavy atom. The molecule has 0 spiro atoms. The SMILES string of the molecule is CCCNC(=O)CSCCC(C)N. The smallest absolute Gasteiger partial charge is 0.229 e. The molecule has 0 fully saturated rings. The predicted molar refractivity (Wildman–Crippen MR) is 58.9 cm³/mol. The zero-order valence-corrected chi connectivity index (χ0v) is 9.32. The van der Waals surface area contributed by atoms with E-state index in [1.165, 1.54) is 0 Å². The Kier molecular flexibility index (Phi) is 8.24. The van der Waals surface area contributed by atoms with E-state index in [2.05, 4.69) is 5.32 Å². The van der Waals surface area contributed by atoms with Crippen molar-refractivity contribution in [3.63, 3.8) is 0 Å². The summed E-state index contributed by atoms with van der Waals surface area (Å²) in [6, 6.07) is 0.242. The summed E-state index contributed by atoms with van der Waals surface area (Å²) in [6.45, 7) is 4.81. The number of carbonyl (C=O) groups is 1. The minimum Gasteiger partial charge on any atom is -0.355 e. The fourth-order valence-corrected chi connectivity index (χ4v) is 1.72. The van der Waals surface area contributed by atoms with Crippen LogP contribution < -0.4 is 11.1 Å². The second-order valence-electron chi connectivity index (χ2n) is 3.17. The molecule has 0 aliphatic rings. The minimum absolute atomic E-state index is 0.136. The van der Waals surface area contributed by atoms with Crippen LogP contribution in [0.25, 0.3) is 0 Å². The zero-order valence-electron chi connectivity index (χ0n) is 8.51. The highest BCUT2D eigenvalue weighted by atomic mass is 32.2. The Labute approximate surface area is 84.8 Å². The van der Waals surface area contributed by atoms with E-state index in [0.29, 0.717) is 5.75 Å². The van der Waals surface area contributed by atoms with Crippen molar-refractivity contribution in [1.82, 2.24) is 5.32 Å². The quantitative estimate of drug-likeness (QED) is 0.608. The Hall–Kier alpha value is -0.220. The van der Waals surface area contributed by atoms with Crippen molar-refractivity contribution in [3.05, 3.63) is 0 Å². The van der Waals surface area contributed by atoms with Gasteiger partial charge in [0.05, 0.1) is 5.75 Å². The first-order valence-electron chi connectivity index (χ1n) is 4.76. The average molecular weight is 204 g/mol. The van der Waals surface area contributed by atoms with Gasteiger partial charge in [-0.1, -0.05) is 6.92 Å². The standard InChI is InChI=1S/C9H20N2OS/c1-3-5-11-9(12)7-13-6-4-8(2)10/h8H,3-7,10H2,1-2H3,(H,11,12).